The summed E-state index contributed by atoms with van der Waals surface area (Å²) in [7, 11) is 0. The van der Waals surface area contributed by atoms with Crippen LogP contribution in [0.15, 0.2) is 63.9 Å². The summed E-state index contributed by atoms with van der Waals surface area (Å²) in [5.74, 6) is 0.225. The van der Waals surface area contributed by atoms with Crippen molar-refractivity contribution in [2.75, 3.05) is 0 Å². The van der Waals surface area contributed by atoms with E-state index in [1.54, 1.807) is 30.3 Å². The lowest BCUT2D eigenvalue weighted by molar-refractivity contribution is -0.775. The Bertz CT molecular complexity index is 911. The van der Waals surface area contributed by atoms with E-state index in [1.807, 2.05) is 25.1 Å². The highest BCUT2D eigenvalue weighted by molar-refractivity contribution is 6.30. The van der Waals surface area contributed by atoms with Crippen LogP contribution >= 0.6 is 11.6 Å². The molecule has 0 saturated heterocycles. The fourth-order valence-electron chi connectivity index (χ4n) is 2.19. The number of nitrogens with zero attached hydrogens (tertiary/aromatic N) is 2. The second kappa shape index (κ2) is 5.61. The van der Waals surface area contributed by atoms with E-state index >= 15 is 0 Å². The molecule has 1 aromatic heterocycles. The number of aryl methyl sites for hydroxylation is 1. The Morgan fingerprint density at radius 3 is 2.41 bits per heavy atom. The molecule has 0 fully saturated rings. The highest BCUT2D eigenvalue weighted by Crippen LogP contribution is 2.20. The van der Waals surface area contributed by atoms with Crippen LogP contribution < -0.4 is 10.3 Å². The molecule has 0 aliphatic heterocycles. The molecule has 2 aromatic carbocycles. The van der Waals surface area contributed by atoms with E-state index in [-0.39, 0.29) is 10.5 Å². The van der Waals surface area contributed by atoms with Gasteiger partial charge in [-0.2, -0.15) is 4.52 Å². The predicted octanol–water partition coefficient (Wildman–Crippen LogP) is 2.97. The van der Waals surface area contributed by atoms with Crippen LogP contribution in [0, 0.1) is 11.8 Å². The van der Waals surface area contributed by atoms with Crippen LogP contribution in [-0.2, 0) is 0 Å². The van der Waals surface area contributed by atoms with E-state index in [9.17, 15) is 9.70 Å². The van der Waals surface area contributed by atoms with Gasteiger partial charge in [0, 0.05) is 15.3 Å². The summed E-state index contributed by atoms with van der Waals surface area (Å²) < 4.78 is 6.29. The van der Waals surface area contributed by atoms with E-state index < -0.39 is 5.56 Å². The van der Waals surface area contributed by atoms with Gasteiger partial charge < -0.3 is 0 Å². The Kier molecular flexibility index (Phi) is 3.65. The molecule has 0 bridgehead atoms. The molecule has 22 heavy (non-hydrogen) atoms. The minimum Gasteiger partial charge on any atom is -0.263 e. The molecule has 6 heteroatoms. The molecule has 0 atom stereocenters. The highest BCUT2D eigenvalue weighted by atomic mass is 35.5. The molecule has 3 aromatic rings. The minimum atomic E-state index is -0.484. The Morgan fingerprint density at radius 1 is 1.09 bits per heavy atom. The molecule has 0 radical (unpaired) electrons. The number of benzene rings is 2. The average Bonchev–Trinajstić information content (AvgIpc) is 2.49. The van der Waals surface area contributed by atoms with Gasteiger partial charge in [-0.25, -0.2) is 0 Å². The number of hydrogen-bond acceptors (Lipinski definition) is 3. The van der Waals surface area contributed by atoms with Crippen molar-refractivity contribution in [3.63, 3.8) is 0 Å². The third-order valence-corrected chi connectivity index (χ3v) is 3.54. The van der Waals surface area contributed by atoms with E-state index in [0.717, 1.165) is 10.2 Å². The topological polar surface area (TPSA) is 58.1 Å². The van der Waals surface area contributed by atoms with Crippen molar-refractivity contribution in [3.05, 3.63) is 80.4 Å². The van der Waals surface area contributed by atoms with Crippen LogP contribution in [0.3, 0.4) is 0 Å². The first-order valence-corrected chi connectivity index (χ1v) is 6.96. The van der Waals surface area contributed by atoms with Gasteiger partial charge in [0.1, 0.15) is 10.6 Å². The fourth-order valence-corrected chi connectivity index (χ4v) is 2.31. The van der Waals surface area contributed by atoms with Crippen LogP contribution in [0.2, 0.25) is 5.02 Å². The van der Waals surface area contributed by atoms with Gasteiger partial charge in [-0.3, -0.25) is 4.79 Å². The fraction of sp³-hybridized carbons (Fsp3) is 0.0625. The summed E-state index contributed by atoms with van der Waals surface area (Å²) in [4.78, 5) is 24.4. The molecule has 110 valence electrons. The third-order valence-electron chi connectivity index (χ3n) is 3.28. The summed E-state index contributed by atoms with van der Waals surface area (Å²) in [6.07, 6.45) is 0. The molecule has 0 spiro atoms. The smallest absolute Gasteiger partial charge is 0.263 e. The maximum Gasteiger partial charge on any atom is 0.378 e. The van der Waals surface area contributed by atoms with E-state index in [2.05, 4.69) is 0 Å². The number of hydrogen-bond donors (Lipinski definition) is 0. The third kappa shape index (κ3) is 2.58. The summed E-state index contributed by atoms with van der Waals surface area (Å²) >= 11 is 5.81. The molecule has 0 N–H and O–H groups in total. The monoisotopic (exact) mass is 315 g/mol. The standard InChI is InChI=1S/C16H12ClN2O3/c1-11-4-2-3-5-14(11)15-10-16(20)18(19(21)22-15)13-8-6-12(17)7-9-13/h2-10H,1H3/q+1. The zero-order valence-corrected chi connectivity index (χ0v) is 12.4. The molecular formula is C16H12ClN2O3+. The first-order chi connectivity index (χ1) is 10.6. The second-order valence-corrected chi connectivity index (χ2v) is 5.22. The molecule has 5 nitrogen and oxygen atoms in total. The SMILES string of the molecule is Cc1ccccc1-c1cc(=O)n(-c2ccc(Cl)cc2)[n+](=O)o1. The molecular weight excluding hydrogens is 304 g/mol. The van der Waals surface area contributed by atoms with Crippen molar-refractivity contribution in [1.82, 2.24) is 4.68 Å². The Balaban J connectivity index is 2.18. The Morgan fingerprint density at radius 2 is 1.77 bits per heavy atom. The van der Waals surface area contributed by atoms with Gasteiger partial charge in [0.15, 0.2) is 0 Å². The lowest BCUT2D eigenvalue weighted by Gasteiger charge is -2.01. The van der Waals surface area contributed by atoms with Gasteiger partial charge in [0.2, 0.25) is 5.76 Å². The van der Waals surface area contributed by atoms with Crippen LogP contribution in [0.5, 0.6) is 0 Å². The van der Waals surface area contributed by atoms with Crippen LogP contribution in [0.25, 0.3) is 17.0 Å². The number of aromatic nitrogens is 2. The summed E-state index contributed by atoms with van der Waals surface area (Å²) in [6.45, 7) is 1.88. The molecule has 0 amide bonds. The van der Waals surface area contributed by atoms with E-state index in [4.69, 9.17) is 16.1 Å². The maximum absolute atomic E-state index is 12.3. The molecule has 0 unspecified atom stereocenters. The zero-order valence-electron chi connectivity index (χ0n) is 11.7. The van der Waals surface area contributed by atoms with Gasteiger partial charge in [-0.1, -0.05) is 35.9 Å². The first kappa shape index (κ1) is 14.3. The first-order valence-electron chi connectivity index (χ1n) is 6.59. The van der Waals surface area contributed by atoms with Crippen molar-refractivity contribution >= 4 is 11.6 Å². The van der Waals surface area contributed by atoms with Gasteiger partial charge in [0.05, 0.1) is 6.07 Å². The van der Waals surface area contributed by atoms with Gasteiger partial charge in [-0.05, 0) is 36.8 Å². The van der Waals surface area contributed by atoms with Crippen molar-refractivity contribution in [2.24, 2.45) is 0 Å². The van der Waals surface area contributed by atoms with Crippen LogP contribution in [0.4, 0.5) is 0 Å². The molecule has 0 aliphatic rings. The number of rotatable bonds is 2. The van der Waals surface area contributed by atoms with Crippen molar-refractivity contribution in [1.29, 1.82) is 0 Å². The Hall–Kier alpha value is -2.66. The molecule has 0 aliphatic carbocycles. The predicted molar refractivity (Wildman–Crippen MR) is 82.9 cm³/mol. The largest absolute Gasteiger partial charge is 0.378 e. The van der Waals surface area contributed by atoms with Crippen molar-refractivity contribution in [3.8, 4) is 17.0 Å². The summed E-state index contributed by atoms with van der Waals surface area (Å²) in [5, 5.41) is 0.516. The molecule has 0 saturated carbocycles. The molecule has 3 rings (SSSR count). The van der Waals surface area contributed by atoms with Crippen LogP contribution in [-0.4, -0.2) is 4.68 Å². The van der Waals surface area contributed by atoms with Crippen molar-refractivity contribution in [2.45, 2.75) is 6.92 Å². The Labute approximate surface area is 130 Å². The van der Waals surface area contributed by atoms with E-state index in [1.165, 1.54) is 6.07 Å². The average molecular weight is 316 g/mol. The van der Waals surface area contributed by atoms with Gasteiger partial charge in [-0.15, -0.1) is 0 Å². The second-order valence-electron chi connectivity index (χ2n) is 4.78. The quantitative estimate of drug-likeness (QED) is 0.730. The minimum absolute atomic E-state index is 0.174. The maximum atomic E-state index is 12.3. The summed E-state index contributed by atoms with van der Waals surface area (Å²) in [5.41, 5.74) is 1.51. The lowest BCUT2D eigenvalue weighted by Crippen LogP contribution is -2.39. The number of halogens is 1. The van der Waals surface area contributed by atoms with Gasteiger partial charge in [0.25, 0.3) is 0 Å². The van der Waals surface area contributed by atoms with E-state index in [0.29, 0.717) is 16.3 Å². The normalized spacial score (nSPS) is 10.6. The van der Waals surface area contributed by atoms with Gasteiger partial charge >= 0.3 is 10.3 Å². The lowest BCUT2D eigenvalue weighted by atomic mass is 10.1. The molecule has 1 heterocycles. The summed E-state index contributed by atoms with van der Waals surface area (Å²) in [6, 6.07) is 15.0. The van der Waals surface area contributed by atoms with Crippen molar-refractivity contribution < 1.29 is 9.24 Å². The zero-order chi connectivity index (χ0) is 15.7. The van der Waals surface area contributed by atoms with Crippen LogP contribution in [0.1, 0.15) is 5.56 Å². The highest BCUT2D eigenvalue weighted by Gasteiger charge is 2.18.